The Morgan fingerprint density at radius 2 is 1.39 bits per heavy atom. The summed E-state index contributed by atoms with van der Waals surface area (Å²) < 4.78 is 4.50. The topological polar surface area (TPSA) is 0 Å². The summed E-state index contributed by atoms with van der Waals surface area (Å²) in [6.07, 6.45) is 0. The second-order valence-electron chi connectivity index (χ2n) is 3.69. The summed E-state index contributed by atoms with van der Waals surface area (Å²) in [5.41, 5.74) is 2.42. The highest BCUT2D eigenvalue weighted by molar-refractivity contribution is 14.1. The number of hydrogen-bond donors (Lipinski definition) is 0. The SMILES string of the molecule is Brc1ccc(Br)c(C(Br)c2cc(I)ccc2Br)c1. The van der Waals surface area contributed by atoms with Gasteiger partial charge in [-0.15, -0.1) is 0 Å². The molecular formula is C13H7Br4I. The molecule has 0 saturated heterocycles. The van der Waals surface area contributed by atoms with Gasteiger partial charge in [0.1, 0.15) is 0 Å². The van der Waals surface area contributed by atoms with Crippen LogP contribution in [0, 0.1) is 3.57 Å². The molecule has 5 heteroatoms. The fourth-order valence-corrected chi connectivity index (χ4v) is 4.80. The monoisotopic (exact) mass is 606 g/mol. The Labute approximate surface area is 154 Å². The smallest absolute Gasteiger partial charge is 0.0667 e. The summed E-state index contributed by atoms with van der Waals surface area (Å²) in [6, 6.07) is 12.5. The van der Waals surface area contributed by atoms with Gasteiger partial charge < -0.3 is 0 Å². The Morgan fingerprint density at radius 1 is 0.833 bits per heavy atom. The Hall–Kier alpha value is 1.09. The minimum atomic E-state index is 0.147. The van der Waals surface area contributed by atoms with Gasteiger partial charge in [0, 0.05) is 17.0 Å². The normalized spacial score (nSPS) is 12.5. The zero-order chi connectivity index (χ0) is 13.3. The molecule has 2 aromatic rings. The molecule has 18 heavy (non-hydrogen) atoms. The molecule has 0 aliphatic carbocycles. The first kappa shape index (κ1) is 15.5. The molecule has 0 nitrogen and oxygen atoms in total. The molecule has 2 rings (SSSR count). The van der Waals surface area contributed by atoms with Crippen LogP contribution in [0.25, 0.3) is 0 Å². The molecule has 0 radical (unpaired) electrons. The average molecular weight is 610 g/mol. The summed E-state index contributed by atoms with van der Waals surface area (Å²) in [5, 5.41) is 0. The Morgan fingerprint density at radius 3 is 2.06 bits per heavy atom. The first-order valence-corrected chi connectivity index (χ1v) is 9.40. The third-order valence-corrected chi connectivity index (χ3v) is 6.06. The molecule has 0 heterocycles. The van der Waals surface area contributed by atoms with Gasteiger partial charge in [-0.05, 0) is 70.1 Å². The molecule has 2 aromatic carbocycles. The highest BCUT2D eigenvalue weighted by Gasteiger charge is 2.16. The van der Waals surface area contributed by atoms with Crippen molar-refractivity contribution in [2.24, 2.45) is 0 Å². The highest BCUT2D eigenvalue weighted by Crippen LogP contribution is 2.40. The molecule has 1 atom stereocenters. The molecule has 0 amide bonds. The summed E-state index contributed by atoms with van der Waals surface area (Å²) in [7, 11) is 0. The summed E-state index contributed by atoms with van der Waals surface area (Å²) in [6.45, 7) is 0. The van der Waals surface area contributed by atoms with Gasteiger partial charge in [-0.1, -0.05) is 63.7 Å². The molecule has 0 aliphatic heterocycles. The maximum atomic E-state index is 3.78. The third-order valence-electron chi connectivity index (χ3n) is 2.46. The van der Waals surface area contributed by atoms with Crippen LogP contribution in [0.15, 0.2) is 49.8 Å². The van der Waals surface area contributed by atoms with Crippen LogP contribution in [0.5, 0.6) is 0 Å². The van der Waals surface area contributed by atoms with Crippen molar-refractivity contribution in [1.82, 2.24) is 0 Å². The van der Waals surface area contributed by atoms with Crippen LogP contribution < -0.4 is 0 Å². The van der Waals surface area contributed by atoms with Crippen molar-refractivity contribution >= 4 is 86.3 Å². The predicted molar refractivity (Wildman–Crippen MR) is 99.5 cm³/mol. The Balaban J connectivity index is 2.50. The number of halogens is 5. The number of rotatable bonds is 2. The first-order chi connectivity index (χ1) is 8.49. The lowest BCUT2D eigenvalue weighted by molar-refractivity contribution is 1.14. The minimum absolute atomic E-state index is 0.147. The maximum absolute atomic E-state index is 3.78. The van der Waals surface area contributed by atoms with Crippen molar-refractivity contribution in [3.63, 3.8) is 0 Å². The van der Waals surface area contributed by atoms with E-state index < -0.39 is 0 Å². The molecule has 0 bridgehead atoms. The lowest BCUT2D eigenvalue weighted by Gasteiger charge is -2.15. The standard InChI is InChI=1S/C13H7Br4I/c14-7-1-3-11(15)9(5-7)13(17)10-6-8(18)2-4-12(10)16/h1-6,13H. The van der Waals surface area contributed by atoms with Crippen LogP contribution >= 0.6 is 86.3 Å². The van der Waals surface area contributed by atoms with Crippen LogP contribution in [0.3, 0.4) is 0 Å². The van der Waals surface area contributed by atoms with E-state index in [2.05, 4.69) is 117 Å². The minimum Gasteiger partial charge on any atom is -0.0786 e. The van der Waals surface area contributed by atoms with Crippen LogP contribution in [-0.4, -0.2) is 0 Å². The van der Waals surface area contributed by atoms with Crippen LogP contribution in [0.4, 0.5) is 0 Å². The van der Waals surface area contributed by atoms with E-state index in [-0.39, 0.29) is 4.83 Å². The van der Waals surface area contributed by atoms with Crippen molar-refractivity contribution in [3.8, 4) is 0 Å². The van der Waals surface area contributed by atoms with Crippen LogP contribution in [0.1, 0.15) is 16.0 Å². The first-order valence-electron chi connectivity index (χ1n) is 5.03. The number of benzene rings is 2. The Bertz CT molecular complexity index is 532. The quantitative estimate of drug-likeness (QED) is 0.253. The van der Waals surface area contributed by atoms with Crippen LogP contribution in [-0.2, 0) is 0 Å². The lowest BCUT2D eigenvalue weighted by atomic mass is 10.1. The van der Waals surface area contributed by atoms with E-state index in [1.54, 1.807) is 0 Å². The summed E-state index contributed by atoms with van der Waals surface area (Å²) in [4.78, 5) is 0.147. The second kappa shape index (κ2) is 6.70. The van der Waals surface area contributed by atoms with Gasteiger partial charge in [0.05, 0.1) is 4.83 Å². The second-order valence-corrected chi connectivity index (χ2v) is 8.48. The van der Waals surface area contributed by atoms with E-state index >= 15 is 0 Å². The zero-order valence-corrected chi connectivity index (χ0v) is 17.4. The van der Waals surface area contributed by atoms with Crippen molar-refractivity contribution in [1.29, 1.82) is 0 Å². The maximum Gasteiger partial charge on any atom is 0.0667 e. The average Bonchev–Trinajstić information content (AvgIpc) is 2.34. The van der Waals surface area contributed by atoms with Crippen molar-refractivity contribution in [2.75, 3.05) is 0 Å². The van der Waals surface area contributed by atoms with Crippen molar-refractivity contribution in [2.45, 2.75) is 4.83 Å². The van der Waals surface area contributed by atoms with Gasteiger partial charge >= 0.3 is 0 Å². The van der Waals surface area contributed by atoms with E-state index in [9.17, 15) is 0 Å². The van der Waals surface area contributed by atoms with Gasteiger partial charge in [0.2, 0.25) is 0 Å². The molecule has 0 N–H and O–H groups in total. The molecule has 0 aromatic heterocycles. The van der Waals surface area contributed by atoms with Gasteiger partial charge in [-0.2, -0.15) is 0 Å². The molecule has 94 valence electrons. The molecule has 0 fully saturated rings. The summed E-state index contributed by atoms with van der Waals surface area (Å²) in [5.74, 6) is 0. The highest BCUT2D eigenvalue weighted by atomic mass is 127. The van der Waals surface area contributed by atoms with Gasteiger partial charge in [-0.3, -0.25) is 0 Å². The van der Waals surface area contributed by atoms with Gasteiger partial charge in [-0.25, -0.2) is 0 Å². The number of alkyl halides is 1. The third kappa shape index (κ3) is 3.59. The fraction of sp³-hybridized carbons (Fsp3) is 0.0769. The Kier molecular flexibility index (Phi) is 5.76. The van der Waals surface area contributed by atoms with Crippen molar-refractivity contribution in [3.05, 3.63) is 64.5 Å². The predicted octanol–water partition coefficient (Wildman–Crippen LogP) is 7.06. The molecule has 0 spiro atoms. The van der Waals surface area contributed by atoms with Crippen LogP contribution in [0.2, 0.25) is 0 Å². The van der Waals surface area contributed by atoms with E-state index in [1.165, 1.54) is 14.7 Å². The van der Waals surface area contributed by atoms with Crippen molar-refractivity contribution < 1.29 is 0 Å². The summed E-state index contributed by atoms with van der Waals surface area (Å²) >= 11 is 16.8. The molecular weight excluding hydrogens is 603 g/mol. The van der Waals surface area contributed by atoms with E-state index in [0.29, 0.717) is 0 Å². The lowest BCUT2D eigenvalue weighted by Crippen LogP contribution is -1.96. The van der Waals surface area contributed by atoms with E-state index in [0.717, 1.165) is 13.4 Å². The molecule has 0 aliphatic rings. The van der Waals surface area contributed by atoms with Gasteiger partial charge in [0.25, 0.3) is 0 Å². The zero-order valence-electron chi connectivity index (χ0n) is 8.93. The fourth-order valence-electron chi connectivity index (χ4n) is 1.59. The molecule has 1 unspecified atom stereocenters. The molecule has 0 saturated carbocycles. The number of hydrogen-bond acceptors (Lipinski definition) is 0. The van der Waals surface area contributed by atoms with E-state index in [4.69, 9.17) is 0 Å². The largest absolute Gasteiger partial charge is 0.0786 e. The van der Waals surface area contributed by atoms with E-state index in [1.807, 2.05) is 6.07 Å². The van der Waals surface area contributed by atoms with Gasteiger partial charge in [0.15, 0.2) is 0 Å².